The second kappa shape index (κ2) is 10.2. The van der Waals surface area contributed by atoms with Crippen LogP contribution in [-0.4, -0.2) is 17.0 Å². The first-order valence-electron chi connectivity index (χ1n) is 9.09. The Morgan fingerprint density at radius 2 is 1.94 bits per heavy atom. The van der Waals surface area contributed by atoms with Gasteiger partial charge in [-0.15, -0.1) is 0 Å². The van der Waals surface area contributed by atoms with E-state index in [1.807, 2.05) is 6.92 Å². The molecule has 158 valence electrons. The van der Waals surface area contributed by atoms with E-state index >= 15 is 0 Å². The first-order chi connectivity index (χ1) is 14.8. The molecule has 0 heterocycles. The van der Waals surface area contributed by atoms with Crippen molar-refractivity contribution in [1.82, 2.24) is 5.43 Å². The maximum absolute atomic E-state index is 12.2. The van der Waals surface area contributed by atoms with Crippen LogP contribution in [0.1, 0.15) is 27.0 Å². The number of carbonyl (C=O) groups excluding carboxylic acids is 1. The summed E-state index contributed by atoms with van der Waals surface area (Å²) < 4.78 is 6.46. The van der Waals surface area contributed by atoms with Crippen LogP contribution in [0, 0.1) is 17.0 Å². The zero-order chi connectivity index (χ0) is 22.4. The summed E-state index contributed by atoms with van der Waals surface area (Å²) >= 11 is 9.54. The molecule has 3 aromatic rings. The van der Waals surface area contributed by atoms with Gasteiger partial charge in [0.2, 0.25) is 0 Å². The normalized spacial score (nSPS) is 10.8. The number of nitro groups is 1. The molecule has 0 fully saturated rings. The van der Waals surface area contributed by atoms with E-state index in [-0.39, 0.29) is 12.3 Å². The van der Waals surface area contributed by atoms with Crippen LogP contribution in [0.15, 0.2) is 70.2 Å². The number of ether oxygens (including phenoxy) is 1. The van der Waals surface area contributed by atoms with Crippen molar-refractivity contribution in [2.45, 2.75) is 13.5 Å². The third-order valence-electron chi connectivity index (χ3n) is 4.25. The lowest BCUT2D eigenvalue weighted by Gasteiger charge is -2.09. The maximum atomic E-state index is 12.2. The summed E-state index contributed by atoms with van der Waals surface area (Å²) in [5.41, 5.74) is 5.34. The van der Waals surface area contributed by atoms with Gasteiger partial charge < -0.3 is 4.74 Å². The topological polar surface area (TPSA) is 93.8 Å². The van der Waals surface area contributed by atoms with Crippen molar-refractivity contribution in [2.24, 2.45) is 5.10 Å². The Balaban J connectivity index is 1.58. The number of nitro benzene ring substituents is 1. The lowest BCUT2D eigenvalue weighted by molar-refractivity contribution is -0.384. The van der Waals surface area contributed by atoms with E-state index < -0.39 is 10.8 Å². The molecule has 31 heavy (non-hydrogen) atoms. The fourth-order valence-corrected chi connectivity index (χ4v) is 3.45. The molecule has 1 amide bonds. The summed E-state index contributed by atoms with van der Waals surface area (Å²) in [6, 6.07) is 16.7. The average Bonchev–Trinajstić information content (AvgIpc) is 2.73. The number of halogens is 2. The number of non-ortho nitro benzene ring substituents is 1. The Labute approximate surface area is 192 Å². The van der Waals surface area contributed by atoms with Gasteiger partial charge in [0.05, 0.1) is 26.2 Å². The fourth-order valence-electron chi connectivity index (χ4n) is 2.62. The summed E-state index contributed by atoms with van der Waals surface area (Å²) in [5, 5.41) is 15.0. The molecule has 0 saturated carbocycles. The predicted molar refractivity (Wildman–Crippen MR) is 123 cm³/mol. The minimum Gasteiger partial charge on any atom is -0.488 e. The molecular weight excluding hydrogens is 486 g/mol. The van der Waals surface area contributed by atoms with Crippen molar-refractivity contribution in [1.29, 1.82) is 0 Å². The quantitative estimate of drug-likeness (QED) is 0.256. The summed E-state index contributed by atoms with van der Waals surface area (Å²) in [6.45, 7) is 2.15. The third kappa shape index (κ3) is 6.13. The molecule has 7 nitrogen and oxygen atoms in total. The molecule has 0 radical (unpaired) electrons. The zero-order valence-corrected chi connectivity index (χ0v) is 18.7. The number of aryl methyl sites for hydroxylation is 1. The molecule has 0 bridgehead atoms. The Morgan fingerprint density at radius 1 is 1.19 bits per heavy atom. The van der Waals surface area contributed by atoms with Crippen LogP contribution in [-0.2, 0) is 6.61 Å². The van der Waals surface area contributed by atoms with Gasteiger partial charge in [0.25, 0.3) is 11.6 Å². The fraction of sp³-hybridized carbons (Fsp3) is 0.0909. The number of benzene rings is 3. The lowest BCUT2D eigenvalue weighted by atomic mass is 10.1. The van der Waals surface area contributed by atoms with Crippen molar-refractivity contribution in [2.75, 3.05) is 0 Å². The van der Waals surface area contributed by atoms with Gasteiger partial charge in [0.15, 0.2) is 0 Å². The minimum absolute atomic E-state index is 0.0327. The van der Waals surface area contributed by atoms with Crippen LogP contribution in [0.25, 0.3) is 0 Å². The molecule has 0 aliphatic heterocycles. The summed E-state index contributed by atoms with van der Waals surface area (Å²) in [4.78, 5) is 22.5. The molecule has 0 spiro atoms. The van der Waals surface area contributed by atoms with E-state index in [1.54, 1.807) is 48.5 Å². The Kier molecular flexibility index (Phi) is 7.38. The standard InChI is InChI=1S/C22H17BrClN3O4/c1-14-2-8-18(20(24)10-14)22(28)26-25-12-16-5-9-21(19(23)11-16)31-13-15-3-6-17(7-4-15)27(29)30/h2-12H,13H2,1H3,(H,26,28)/b25-12-. The van der Waals surface area contributed by atoms with Gasteiger partial charge >= 0.3 is 0 Å². The molecule has 0 aliphatic rings. The molecule has 9 heteroatoms. The SMILES string of the molecule is Cc1ccc(C(=O)N/N=C\c2ccc(OCc3ccc([N+](=O)[O-])cc3)c(Br)c2)c(Cl)c1. The van der Waals surface area contributed by atoms with Crippen LogP contribution in [0.4, 0.5) is 5.69 Å². The monoisotopic (exact) mass is 501 g/mol. The molecule has 0 unspecified atom stereocenters. The highest BCUT2D eigenvalue weighted by atomic mass is 79.9. The van der Waals surface area contributed by atoms with Gasteiger partial charge in [-0.05, 0) is 82.0 Å². The van der Waals surface area contributed by atoms with Gasteiger partial charge in [-0.2, -0.15) is 5.10 Å². The third-order valence-corrected chi connectivity index (χ3v) is 5.18. The first-order valence-corrected chi connectivity index (χ1v) is 10.3. The van der Waals surface area contributed by atoms with Crippen molar-refractivity contribution in [3.05, 3.63) is 103 Å². The summed E-state index contributed by atoms with van der Waals surface area (Å²) in [6.07, 6.45) is 1.50. The highest BCUT2D eigenvalue weighted by Gasteiger charge is 2.09. The van der Waals surface area contributed by atoms with E-state index in [2.05, 4.69) is 26.5 Å². The Hall–Kier alpha value is -3.23. The van der Waals surface area contributed by atoms with Crippen molar-refractivity contribution in [3.8, 4) is 5.75 Å². The maximum Gasteiger partial charge on any atom is 0.272 e. The number of hydrazone groups is 1. The van der Waals surface area contributed by atoms with Gasteiger partial charge in [0.1, 0.15) is 12.4 Å². The number of carbonyl (C=O) groups is 1. The van der Waals surface area contributed by atoms with Crippen LogP contribution in [0.3, 0.4) is 0 Å². The molecule has 3 aromatic carbocycles. The molecular formula is C22H17BrClN3O4. The van der Waals surface area contributed by atoms with E-state index in [1.165, 1.54) is 18.3 Å². The molecule has 0 aliphatic carbocycles. The van der Waals surface area contributed by atoms with Gasteiger partial charge in [-0.3, -0.25) is 14.9 Å². The number of nitrogens with one attached hydrogen (secondary N) is 1. The number of hydrogen-bond acceptors (Lipinski definition) is 5. The van der Waals surface area contributed by atoms with Crippen molar-refractivity contribution < 1.29 is 14.5 Å². The Morgan fingerprint density at radius 3 is 2.58 bits per heavy atom. The number of amides is 1. The lowest BCUT2D eigenvalue weighted by Crippen LogP contribution is -2.18. The highest BCUT2D eigenvalue weighted by Crippen LogP contribution is 2.26. The van der Waals surface area contributed by atoms with E-state index in [0.717, 1.165) is 16.7 Å². The van der Waals surface area contributed by atoms with Gasteiger partial charge in [0, 0.05) is 12.1 Å². The first kappa shape index (κ1) is 22.5. The smallest absolute Gasteiger partial charge is 0.272 e. The Bertz CT molecular complexity index is 1150. The van der Waals surface area contributed by atoms with Crippen LogP contribution in [0.5, 0.6) is 5.75 Å². The van der Waals surface area contributed by atoms with E-state index in [9.17, 15) is 14.9 Å². The summed E-state index contributed by atoms with van der Waals surface area (Å²) in [7, 11) is 0. The van der Waals surface area contributed by atoms with Crippen molar-refractivity contribution in [3.63, 3.8) is 0 Å². The number of hydrogen-bond donors (Lipinski definition) is 1. The second-order valence-corrected chi connectivity index (χ2v) is 7.85. The van der Waals surface area contributed by atoms with Crippen LogP contribution >= 0.6 is 27.5 Å². The molecule has 3 rings (SSSR count). The van der Waals surface area contributed by atoms with Crippen LogP contribution in [0.2, 0.25) is 5.02 Å². The zero-order valence-electron chi connectivity index (χ0n) is 16.3. The van der Waals surface area contributed by atoms with Gasteiger partial charge in [-0.1, -0.05) is 17.7 Å². The second-order valence-electron chi connectivity index (χ2n) is 6.58. The largest absolute Gasteiger partial charge is 0.488 e. The number of rotatable bonds is 7. The average molecular weight is 503 g/mol. The predicted octanol–water partition coefficient (Wildman–Crippen LogP) is 5.66. The summed E-state index contributed by atoms with van der Waals surface area (Å²) in [5.74, 6) is 0.203. The highest BCUT2D eigenvalue weighted by molar-refractivity contribution is 9.10. The number of nitrogens with zero attached hydrogens (tertiary/aromatic N) is 2. The molecule has 0 atom stereocenters. The minimum atomic E-state index is -0.445. The van der Waals surface area contributed by atoms with E-state index in [4.69, 9.17) is 16.3 Å². The molecule has 0 saturated heterocycles. The van der Waals surface area contributed by atoms with Crippen LogP contribution < -0.4 is 10.2 Å². The van der Waals surface area contributed by atoms with E-state index in [0.29, 0.717) is 20.8 Å². The molecule has 1 N–H and O–H groups in total. The van der Waals surface area contributed by atoms with Crippen molar-refractivity contribution >= 4 is 45.3 Å². The van der Waals surface area contributed by atoms with Gasteiger partial charge in [-0.25, -0.2) is 5.43 Å². The molecule has 0 aromatic heterocycles.